The number of hydrogen-bond acceptors (Lipinski definition) is 3. The maximum absolute atomic E-state index is 12.7. The molecule has 1 heterocycles. The van der Waals surface area contributed by atoms with Gasteiger partial charge in [-0.2, -0.15) is 0 Å². The number of piperidine rings is 1. The second kappa shape index (κ2) is 6.89. The van der Waals surface area contributed by atoms with Crippen LogP contribution in [-0.4, -0.2) is 30.4 Å². The van der Waals surface area contributed by atoms with Crippen LogP contribution in [0.4, 0.5) is 5.69 Å². The molecular weight excluding hydrogens is 314 g/mol. The van der Waals surface area contributed by atoms with Crippen molar-refractivity contribution in [2.24, 2.45) is 11.7 Å². The molecule has 1 saturated heterocycles. The molecule has 0 bridgehead atoms. The third-order valence-electron chi connectivity index (χ3n) is 4.80. The molecular formula is C17H22ClN3O2. The van der Waals surface area contributed by atoms with Crippen LogP contribution < -0.4 is 16.0 Å². The highest BCUT2D eigenvalue weighted by molar-refractivity contribution is 6.33. The number of nitrogens with one attached hydrogen (secondary N) is 1. The molecule has 3 rings (SSSR count). The Balaban J connectivity index is 1.70. The lowest BCUT2D eigenvalue weighted by molar-refractivity contribution is -0.130. The minimum Gasteiger partial charge on any atom is -0.344 e. The number of halogens is 1. The van der Waals surface area contributed by atoms with E-state index >= 15 is 0 Å². The highest BCUT2D eigenvalue weighted by atomic mass is 35.5. The Morgan fingerprint density at radius 1 is 1.22 bits per heavy atom. The quantitative estimate of drug-likeness (QED) is 0.888. The predicted octanol–water partition coefficient (Wildman–Crippen LogP) is 2.08. The number of para-hydroxylation sites is 1. The Morgan fingerprint density at radius 3 is 2.70 bits per heavy atom. The number of nitrogens with two attached hydrogens (primary N) is 1. The molecule has 6 heteroatoms. The molecule has 0 aromatic heterocycles. The molecule has 2 aliphatic rings. The molecule has 2 amide bonds. The highest BCUT2D eigenvalue weighted by Crippen LogP contribution is 2.29. The van der Waals surface area contributed by atoms with Crippen molar-refractivity contribution in [2.45, 2.75) is 44.2 Å². The number of nitrogens with zero attached hydrogens (tertiary/aromatic N) is 1. The number of carbonyl (C=O) groups is 2. The summed E-state index contributed by atoms with van der Waals surface area (Å²) in [5.74, 6) is -0.350. The van der Waals surface area contributed by atoms with Crippen molar-refractivity contribution in [3.8, 4) is 0 Å². The number of rotatable bonds is 3. The molecule has 3 N–H and O–H groups in total. The van der Waals surface area contributed by atoms with Gasteiger partial charge < -0.3 is 16.0 Å². The minimum atomic E-state index is -0.486. The van der Waals surface area contributed by atoms with Gasteiger partial charge in [-0.25, -0.2) is 0 Å². The Kier molecular flexibility index (Phi) is 4.87. The predicted molar refractivity (Wildman–Crippen MR) is 90.3 cm³/mol. The van der Waals surface area contributed by atoms with E-state index in [1.54, 1.807) is 11.0 Å². The summed E-state index contributed by atoms with van der Waals surface area (Å²) in [6.45, 7) is 0.623. The van der Waals surface area contributed by atoms with Crippen LogP contribution in [0.15, 0.2) is 24.3 Å². The lowest BCUT2D eigenvalue weighted by Gasteiger charge is -2.33. The van der Waals surface area contributed by atoms with Crippen LogP contribution in [0.2, 0.25) is 5.02 Å². The van der Waals surface area contributed by atoms with E-state index in [0.29, 0.717) is 23.7 Å². The Morgan fingerprint density at radius 2 is 2.00 bits per heavy atom. The molecule has 5 nitrogen and oxygen atoms in total. The lowest BCUT2D eigenvalue weighted by atomic mass is 10.00. The van der Waals surface area contributed by atoms with Gasteiger partial charge in [-0.05, 0) is 37.8 Å². The van der Waals surface area contributed by atoms with Crippen molar-refractivity contribution in [3.63, 3.8) is 0 Å². The van der Waals surface area contributed by atoms with Gasteiger partial charge in [-0.15, -0.1) is 0 Å². The molecule has 0 radical (unpaired) electrons. The zero-order valence-corrected chi connectivity index (χ0v) is 13.8. The molecule has 3 atom stereocenters. The van der Waals surface area contributed by atoms with Gasteiger partial charge >= 0.3 is 0 Å². The number of carbonyl (C=O) groups excluding carboxylic acids is 2. The zero-order chi connectivity index (χ0) is 16.4. The van der Waals surface area contributed by atoms with Crippen molar-refractivity contribution in [2.75, 3.05) is 11.4 Å². The summed E-state index contributed by atoms with van der Waals surface area (Å²) in [7, 11) is 0. The fourth-order valence-corrected chi connectivity index (χ4v) is 3.75. The molecule has 1 aromatic rings. The summed E-state index contributed by atoms with van der Waals surface area (Å²) in [5, 5.41) is 3.45. The molecule has 1 aliphatic carbocycles. The standard InChI is InChI=1S/C17H22ClN3O2/c18-12-6-1-2-9-15(12)21-10-4-8-14(17(21)23)20-16(22)11-5-3-7-13(11)19/h1-2,6,9,11,13-14H,3-5,7-8,10,19H2,(H,20,22)/t11-,13-,14-/m1/s1. The second-order valence-electron chi connectivity index (χ2n) is 6.35. The van der Waals surface area contributed by atoms with E-state index in [9.17, 15) is 9.59 Å². The third kappa shape index (κ3) is 3.35. The van der Waals surface area contributed by atoms with Crippen molar-refractivity contribution in [3.05, 3.63) is 29.3 Å². The second-order valence-corrected chi connectivity index (χ2v) is 6.75. The lowest BCUT2D eigenvalue weighted by Crippen LogP contribution is -2.54. The first-order valence-electron chi connectivity index (χ1n) is 8.20. The Bertz CT molecular complexity index is 607. The maximum Gasteiger partial charge on any atom is 0.249 e. The van der Waals surface area contributed by atoms with E-state index in [1.807, 2.05) is 18.2 Å². The average molecular weight is 336 g/mol. The Hall–Kier alpha value is -1.59. The molecule has 2 fully saturated rings. The zero-order valence-electron chi connectivity index (χ0n) is 13.0. The molecule has 1 saturated carbocycles. The van der Waals surface area contributed by atoms with Crippen LogP contribution in [0.25, 0.3) is 0 Å². The summed E-state index contributed by atoms with van der Waals surface area (Å²) < 4.78 is 0. The van der Waals surface area contributed by atoms with Crippen molar-refractivity contribution in [1.29, 1.82) is 0 Å². The average Bonchev–Trinajstić information content (AvgIpc) is 2.96. The van der Waals surface area contributed by atoms with Crippen LogP contribution in [-0.2, 0) is 9.59 Å². The van der Waals surface area contributed by atoms with Gasteiger partial charge in [0.15, 0.2) is 0 Å². The van der Waals surface area contributed by atoms with E-state index in [4.69, 9.17) is 17.3 Å². The number of amides is 2. The number of hydrogen-bond donors (Lipinski definition) is 2. The van der Waals surface area contributed by atoms with Crippen LogP contribution >= 0.6 is 11.6 Å². The minimum absolute atomic E-state index is 0.0886. The van der Waals surface area contributed by atoms with Gasteiger partial charge in [0.05, 0.1) is 16.6 Å². The van der Waals surface area contributed by atoms with Crippen LogP contribution in [0.3, 0.4) is 0 Å². The summed E-state index contributed by atoms with van der Waals surface area (Å²) in [6, 6.07) is 6.71. The monoisotopic (exact) mass is 335 g/mol. The van der Waals surface area contributed by atoms with Gasteiger partial charge in [0.1, 0.15) is 6.04 Å². The van der Waals surface area contributed by atoms with Gasteiger partial charge in [-0.3, -0.25) is 9.59 Å². The van der Waals surface area contributed by atoms with E-state index in [0.717, 1.165) is 25.7 Å². The van der Waals surface area contributed by atoms with Crippen LogP contribution in [0.1, 0.15) is 32.1 Å². The molecule has 0 spiro atoms. The largest absolute Gasteiger partial charge is 0.344 e. The fourth-order valence-electron chi connectivity index (χ4n) is 3.51. The summed E-state index contributed by atoms with van der Waals surface area (Å²) in [6.07, 6.45) is 4.15. The first-order chi connectivity index (χ1) is 11.1. The van der Waals surface area contributed by atoms with Gasteiger partial charge in [-0.1, -0.05) is 30.2 Å². The topological polar surface area (TPSA) is 75.4 Å². The van der Waals surface area contributed by atoms with Gasteiger partial charge in [0.25, 0.3) is 0 Å². The fraction of sp³-hybridized carbons (Fsp3) is 0.529. The van der Waals surface area contributed by atoms with E-state index < -0.39 is 6.04 Å². The van der Waals surface area contributed by atoms with E-state index in [-0.39, 0.29) is 23.8 Å². The smallest absolute Gasteiger partial charge is 0.249 e. The molecule has 124 valence electrons. The number of anilines is 1. The van der Waals surface area contributed by atoms with Crippen molar-refractivity contribution >= 4 is 29.1 Å². The Labute approximate surface area is 141 Å². The maximum atomic E-state index is 12.7. The molecule has 23 heavy (non-hydrogen) atoms. The third-order valence-corrected chi connectivity index (χ3v) is 5.12. The molecule has 0 unspecified atom stereocenters. The van der Waals surface area contributed by atoms with Crippen molar-refractivity contribution < 1.29 is 9.59 Å². The summed E-state index contributed by atoms with van der Waals surface area (Å²) >= 11 is 6.20. The van der Waals surface area contributed by atoms with Gasteiger partial charge in [0.2, 0.25) is 11.8 Å². The molecule has 1 aliphatic heterocycles. The summed E-state index contributed by atoms with van der Waals surface area (Å²) in [4.78, 5) is 26.8. The van der Waals surface area contributed by atoms with E-state index in [2.05, 4.69) is 5.32 Å². The van der Waals surface area contributed by atoms with Gasteiger partial charge in [0, 0.05) is 12.6 Å². The van der Waals surface area contributed by atoms with E-state index in [1.165, 1.54) is 0 Å². The first-order valence-corrected chi connectivity index (χ1v) is 8.57. The normalized spacial score (nSPS) is 28.0. The van der Waals surface area contributed by atoms with Crippen LogP contribution in [0, 0.1) is 5.92 Å². The molecule has 1 aromatic carbocycles. The number of benzene rings is 1. The highest BCUT2D eigenvalue weighted by Gasteiger charge is 2.36. The van der Waals surface area contributed by atoms with Crippen LogP contribution in [0.5, 0.6) is 0 Å². The summed E-state index contributed by atoms with van der Waals surface area (Å²) in [5.41, 5.74) is 6.69. The SMILES string of the molecule is N[C@@H]1CCC[C@H]1C(=O)N[C@@H]1CCCN(c2ccccc2Cl)C1=O. The first kappa shape index (κ1) is 16.3. The van der Waals surface area contributed by atoms with Crippen molar-refractivity contribution in [1.82, 2.24) is 5.32 Å².